The molecule has 2 aromatic heterocycles. The molecule has 0 radical (unpaired) electrons. The third-order valence-corrected chi connectivity index (χ3v) is 6.77. The van der Waals surface area contributed by atoms with Gasteiger partial charge in [-0.3, -0.25) is 4.98 Å². The molecular weight excluding hydrogens is 387 g/mol. The number of hydrogen-bond acceptors (Lipinski definition) is 3. The molecule has 3 aromatic carbocycles. The van der Waals surface area contributed by atoms with E-state index in [1.165, 1.54) is 12.1 Å². The lowest BCUT2D eigenvalue weighted by molar-refractivity contribution is 0.595. The Kier molecular flexibility index (Phi) is 3.96. The maximum atomic E-state index is 13.2. The van der Waals surface area contributed by atoms with Gasteiger partial charge in [-0.1, -0.05) is 18.2 Å². The monoisotopic (exact) mass is 402 g/mol. The highest BCUT2D eigenvalue weighted by molar-refractivity contribution is 7.91. The Morgan fingerprint density at radius 1 is 0.724 bits per heavy atom. The van der Waals surface area contributed by atoms with E-state index in [1.807, 2.05) is 42.5 Å². The first-order valence-corrected chi connectivity index (χ1v) is 10.5. The van der Waals surface area contributed by atoms with Gasteiger partial charge in [0.2, 0.25) is 9.84 Å². The molecular formula is C23H15FN2O2S. The summed E-state index contributed by atoms with van der Waals surface area (Å²) in [6.45, 7) is 0. The number of rotatable bonds is 3. The molecule has 0 unspecified atom stereocenters. The molecule has 5 rings (SSSR count). The van der Waals surface area contributed by atoms with Gasteiger partial charge in [0.25, 0.3) is 0 Å². The van der Waals surface area contributed by atoms with Crippen LogP contribution in [0.2, 0.25) is 0 Å². The lowest BCUT2D eigenvalue weighted by Crippen LogP contribution is -2.02. The second-order valence-electron chi connectivity index (χ2n) is 6.69. The van der Waals surface area contributed by atoms with Gasteiger partial charge in [-0.15, -0.1) is 0 Å². The molecule has 0 N–H and O–H groups in total. The van der Waals surface area contributed by atoms with Crippen LogP contribution in [-0.4, -0.2) is 18.0 Å². The van der Waals surface area contributed by atoms with E-state index in [0.29, 0.717) is 0 Å². The summed E-state index contributed by atoms with van der Waals surface area (Å²) in [6, 6.07) is 21.7. The molecule has 142 valence electrons. The van der Waals surface area contributed by atoms with Gasteiger partial charge < -0.3 is 4.57 Å². The van der Waals surface area contributed by atoms with E-state index in [2.05, 4.69) is 9.55 Å². The molecule has 6 heteroatoms. The molecule has 0 bridgehead atoms. The van der Waals surface area contributed by atoms with Gasteiger partial charge in [-0.2, -0.15) is 0 Å². The van der Waals surface area contributed by atoms with E-state index < -0.39 is 15.7 Å². The molecule has 0 aliphatic rings. The number of pyridine rings is 1. The highest BCUT2D eigenvalue weighted by Crippen LogP contribution is 2.34. The highest BCUT2D eigenvalue weighted by atomic mass is 32.2. The molecule has 29 heavy (non-hydrogen) atoms. The van der Waals surface area contributed by atoms with Crippen molar-refractivity contribution in [2.24, 2.45) is 0 Å². The van der Waals surface area contributed by atoms with Gasteiger partial charge in [0.05, 0.1) is 20.8 Å². The van der Waals surface area contributed by atoms with Gasteiger partial charge in [-0.25, -0.2) is 12.8 Å². The zero-order chi connectivity index (χ0) is 20.0. The minimum absolute atomic E-state index is 0.0659. The summed E-state index contributed by atoms with van der Waals surface area (Å²) < 4.78 is 41.4. The maximum Gasteiger partial charge on any atom is 0.206 e. The van der Waals surface area contributed by atoms with Gasteiger partial charge in [-0.05, 0) is 60.7 Å². The molecule has 2 heterocycles. The van der Waals surface area contributed by atoms with Crippen LogP contribution in [0, 0.1) is 5.82 Å². The quantitative estimate of drug-likeness (QED) is 0.392. The smallest absolute Gasteiger partial charge is 0.206 e. The van der Waals surface area contributed by atoms with E-state index in [4.69, 9.17) is 0 Å². The van der Waals surface area contributed by atoms with Crippen LogP contribution in [0.1, 0.15) is 0 Å². The summed E-state index contributed by atoms with van der Waals surface area (Å²) in [6.07, 6.45) is 3.45. The molecule has 0 aliphatic carbocycles. The number of nitrogens with zero attached hydrogens (tertiary/aromatic N) is 2. The summed E-state index contributed by atoms with van der Waals surface area (Å²) in [5, 5.41) is 1.79. The summed E-state index contributed by atoms with van der Waals surface area (Å²) in [7, 11) is -3.76. The minimum atomic E-state index is -3.76. The van der Waals surface area contributed by atoms with Gasteiger partial charge in [0.1, 0.15) is 5.82 Å². The number of para-hydroxylation sites is 1. The van der Waals surface area contributed by atoms with Crippen LogP contribution in [0.15, 0.2) is 101 Å². The zero-order valence-corrected chi connectivity index (χ0v) is 16.0. The highest BCUT2D eigenvalue weighted by Gasteiger charge is 2.20. The van der Waals surface area contributed by atoms with Crippen molar-refractivity contribution in [3.05, 3.63) is 97.1 Å². The third-order valence-electron chi connectivity index (χ3n) is 5.00. The van der Waals surface area contributed by atoms with Crippen LogP contribution < -0.4 is 0 Å². The Morgan fingerprint density at radius 3 is 2.14 bits per heavy atom. The van der Waals surface area contributed by atoms with Crippen molar-refractivity contribution in [2.75, 3.05) is 0 Å². The third kappa shape index (κ3) is 2.80. The standard InChI is InChI=1S/C23H15FN2O2S/c24-16-5-7-18(8-6-16)29(27,28)19-9-10-23-21(15-19)20-3-1-2-4-22(20)26(23)17-11-13-25-14-12-17/h1-15H. The van der Waals surface area contributed by atoms with E-state index in [0.717, 1.165) is 39.6 Å². The van der Waals surface area contributed by atoms with E-state index in [-0.39, 0.29) is 9.79 Å². The number of halogens is 1. The SMILES string of the molecule is O=S(=O)(c1ccc(F)cc1)c1ccc2c(c1)c1ccccc1n2-c1ccncc1. The molecule has 4 nitrogen and oxygen atoms in total. The Hall–Kier alpha value is -3.51. The molecule has 0 saturated heterocycles. The summed E-state index contributed by atoms with van der Waals surface area (Å²) in [4.78, 5) is 4.32. The van der Waals surface area contributed by atoms with Crippen molar-refractivity contribution in [2.45, 2.75) is 9.79 Å². The Bertz CT molecular complexity index is 1460. The van der Waals surface area contributed by atoms with E-state index in [1.54, 1.807) is 24.5 Å². The first-order chi connectivity index (χ1) is 14.1. The largest absolute Gasteiger partial charge is 0.309 e. The predicted molar refractivity (Wildman–Crippen MR) is 110 cm³/mol. The second-order valence-corrected chi connectivity index (χ2v) is 8.64. The summed E-state index contributed by atoms with van der Waals surface area (Å²) in [5.74, 6) is -0.472. The lowest BCUT2D eigenvalue weighted by atomic mass is 10.1. The minimum Gasteiger partial charge on any atom is -0.309 e. The molecule has 0 fully saturated rings. The lowest BCUT2D eigenvalue weighted by Gasteiger charge is -2.08. The van der Waals surface area contributed by atoms with Gasteiger partial charge >= 0.3 is 0 Å². The fraction of sp³-hybridized carbons (Fsp3) is 0. The predicted octanol–water partition coefficient (Wildman–Crippen LogP) is 5.15. The Balaban J connectivity index is 1.79. The van der Waals surface area contributed by atoms with Gasteiger partial charge in [0, 0.05) is 28.9 Å². The average molecular weight is 402 g/mol. The molecule has 0 saturated carbocycles. The Morgan fingerprint density at radius 2 is 1.38 bits per heavy atom. The normalized spacial score (nSPS) is 11.9. The van der Waals surface area contributed by atoms with Crippen LogP contribution in [0.5, 0.6) is 0 Å². The molecule has 0 amide bonds. The maximum absolute atomic E-state index is 13.2. The number of hydrogen-bond donors (Lipinski definition) is 0. The van der Waals surface area contributed by atoms with Crippen LogP contribution in [0.4, 0.5) is 4.39 Å². The van der Waals surface area contributed by atoms with E-state index in [9.17, 15) is 12.8 Å². The van der Waals surface area contributed by atoms with Crippen molar-refractivity contribution in [3.63, 3.8) is 0 Å². The number of sulfone groups is 1. The van der Waals surface area contributed by atoms with E-state index >= 15 is 0 Å². The van der Waals surface area contributed by atoms with Crippen molar-refractivity contribution in [3.8, 4) is 5.69 Å². The molecule has 0 spiro atoms. The van der Waals surface area contributed by atoms with Crippen molar-refractivity contribution in [1.82, 2.24) is 9.55 Å². The first-order valence-electron chi connectivity index (χ1n) is 9.00. The molecule has 0 aliphatic heterocycles. The summed E-state index contributed by atoms with van der Waals surface area (Å²) in [5.41, 5.74) is 2.82. The molecule has 5 aromatic rings. The van der Waals surface area contributed by atoms with Gasteiger partial charge in [0.15, 0.2) is 0 Å². The summed E-state index contributed by atoms with van der Waals surface area (Å²) >= 11 is 0. The average Bonchev–Trinajstić information content (AvgIpc) is 3.08. The first kappa shape index (κ1) is 17.6. The van der Waals surface area contributed by atoms with Crippen LogP contribution >= 0.6 is 0 Å². The van der Waals surface area contributed by atoms with Crippen LogP contribution in [-0.2, 0) is 9.84 Å². The fourth-order valence-electron chi connectivity index (χ4n) is 3.64. The fourth-order valence-corrected chi connectivity index (χ4v) is 4.93. The van der Waals surface area contributed by atoms with Crippen molar-refractivity contribution in [1.29, 1.82) is 0 Å². The topological polar surface area (TPSA) is 52.0 Å². The zero-order valence-electron chi connectivity index (χ0n) is 15.2. The molecule has 0 atom stereocenters. The van der Waals surface area contributed by atoms with Crippen molar-refractivity contribution >= 4 is 31.6 Å². The number of fused-ring (bicyclic) bond motifs is 3. The van der Waals surface area contributed by atoms with Crippen LogP contribution in [0.3, 0.4) is 0 Å². The number of aromatic nitrogens is 2. The van der Waals surface area contributed by atoms with Crippen molar-refractivity contribution < 1.29 is 12.8 Å². The Labute approximate surface area is 166 Å². The number of benzene rings is 3. The second kappa shape index (κ2) is 6.53. The van der Waals surface area contributed by atoms with Crippen LogP contribution in [0.25, 0.3) is 27.5 Å².